The lowest BCUT2D eigenvalue weighted by Crippen LogP contribution is -2.33. The number of likely N-dealkylation sites (tertiary alicyclic amines) is 1. The van der Waals surface area contributed by atoms with Gasteiger partial charge in [-0.25, -0.2) is 8.78 Å². The molecule has 1 aliphatic heterocycles. The maximum atomic E-state index is 13.9. The first-order valence-electron chi connectivity index (χ1n) is 8.00. The van der Waals surface area contributed by atoms with E-state index in [1.807, 2.05) is 0 Å². The van der Waals surface area contributed by atoms with E-state index in [4.69, 9.17) is 4.52 Å². The van der Waals surface area contributed by atoms with Gasteiger partial charge in [0.1, 0.15) is 6.04 Å². The Bertz CT molecular complexity index is 726. The zero-order chi connectivity index (χ0) is 16.7. The SMILES string of the molecule is O=C(CCn1cccn1)N1CC(F)(F)C[C@H]1c1nc(C2CC2)no1. The van der Waals surface area contributed by atoms with Gasteiger partial charge in [-0.15, -0.1) is 0 Å². The molecule has 2 fully saturated rings. The molecule has 1 aliphatic carbocycles. The van der Waals surface area contributed by atoms with Gasteiger partial charge in [-0.1, -0.05) is 5.16 Å². The number of amides is 1. The summed E-state index contributed by atoms with van der Waals surface area (Å²) in [6.45, 7) is -0.269. The Morgan fingerprint density at radius 3 is 2.96 bits per heavy atom. The Morgan fingerprint density at radius 2 is 2.25 bits per heavy atom. The van der Waals surface area contributed by atoms with Crippen molar-refractivity contribution in [3.05, 3.63) is 30.2 Å². The van der Waals surface area contributed by atoms with Gasteiger partial charge in [-0.05, 0) is 18.9 Å². The van der Waals surface area contributed by atoms with Crippen molar-refractivity contribution in [1.29, 1.82) is 0 Å². The second kappa shape index (κ2) is 5.64. The topological polar surface area (TPSA) is 77.1 Å². The van der Waals surface area contributed by atoms with Crippen LogP contribution in [0.25, 0.3) is 0 Å². The van der Waals surface area contributed by atoms with Gasteiger partial charge < -0.3 is 9.42 Å². The Kier molecular flexibility index (Phi) is 3.58. The fourth-order valence-corrected chi connectivity index (χ4v) is 2.98. The number of alkyl halides is 2. The molecule has 0 N–H and O–H groups in total. The lowest BCUT2D eigenvalue weighted by Gasteiger charge is -2.21. The molecule has 2 aromatic heterocycles. The van der Waals surface area contributed by atoms with Gasteiger partial charge >= 0.3 is 0 Å². The smallest absolute Gasteiger partial charge is 0.267 e. The molecule has 3 heterocycles. The highest BCUT2D eigenvalue weighted by Gasteiger charge is 2.49. The van der Waals surface area contributed by atoms with Crippen LogP contribution in [0.3, 0.4) is 0 Å². The molecule has 0 spiro atoms. The number of hydrogen-bond acceptors (Lipinski definition) is 5. The van der Waals surface area contributed by atoms with Gasteiger partial charge in [0, 0.05) is 37.7 Å². The summed E-state index contributed by atoms with van der Waals surface area (Å²) in [5, 5.41) is 7.88. The molecule has 0 radical (unpaired) electrons. The fourth-order valence-electron chi connectivity index (χ4n) is 2.98. The molecule has 2 aromatic rings. The molecule has 0 aromatic carbocycles. The number of halogens is 2. The molecule has 1 saturated heterocycles. The first-order valence-corrected chi connectivity index (χ1v) is 8.00. The Hall–Kier alpha value is -2.32. The molecule has 0 unspecified atom stereocenters. The second-order valence-corrected chi connectivity index (χ2v) is 6.38. The second-order valence-electron chi connectivity index (χ2n) is 6.38. The van der Waals surface area contributed by atoms with Crippen LogP contribution in [0.4, 0.5) is 8.78 Å². The van der Waals surface area contributed by atoms with Crippen molar-refractivity contribution in [2.45, 2.75) is 50.1 Å². The zero-order valence-electron chi connectivity index (χ0n) is 12.9. The highest BCUT2D eigenvalue weighted by Crippen LogP contribution is 2.43. The molecular weight excluding hydrogens is 320 g/mol. The van der Waals surface area contributed by atoms with Gasteiger partial charge in [-0.3, -0.25) is 9.48 Å². The molecule has 1 saturated carbocycles. The fraction of sp³-hybridized carbons (Fsp3) is 0.600. The molecule has 4 rings (SSSR count). The van der Waals surface area contributed by atoms with Crippen LogP contribution in [0.15, 0.2) is 23.0 Å². The molecule has 0 bridgehead atoms. The van der Waals surface area contributed by atoms with Gasteiger partial charge in [0.25, 0.3) is 5.92 Å². The summed E-state index contributed by atoms with van der Waals surface area (Å²) < 4.78 is 34.5. The third-order valence-electron chi connectivity index (χ3n) is 4.39. The van der Waals surface area contributed by atoms with Crippen molar-refractivity contribution in [2.75, 3.05) is 6.54 Å². The van der Waals surface area contributed by atoms with Crippen molar-refractivity contribution < 1.29 is 18.1 Å². The first-order chi connectivity index (χ1) is 11.5. The Balaban J connectivity index is 1.48. The van der Waals surface area contributed by atoms with Gasteiger partial charge in [0.15, 0.2) is 5.82 Å². The first kappa shape index (κ1) is 15.2. The monoisotopic (exact) mass is 337 g/mol. The van der Waals surface area contributed by atoms with Crippen LogP contribution in [0.1, 0.15) is 49.4 Å². The minimum atomic E-state index is -2.94. The molecule has 2 aliphatic rings. The van der Waals surface area contributed by atoms with E-state index < -0.39 is 24.9 Å². The maximum Gasteiger partial charge on any atom is 0.267 e. The Morgan fingerprint density at radius 1 is 1.42 bits per heavy atom. The van der Waals surface area contributed by atoms with Crippen LogP contribution in [0, 0.1) is 0 Å². The highest BCUT2D eigenvalue weighted by atomic mass is 19.3. The maximum absolute atomic E-state index is 13.9. The number of nitrogens with zero attached hydrogens (tertiary/aromatic N) is 5. The van der Waals surface area contributed by atoms with E-state index in [0.29, 0.717) is 12.4 Å². The van der Waals surface area contributed by atoms with Crippen LogP contribution in [-0.4, -0.2) is 43.2 Å². The standard InChI is InChI=1S/C15H17F2N5O2/c16-15(17)8-11(14-19-13(20-24-14)10-2-3-10)22(9-15)12(23)4-7-21-6-1-5-18-21/h1,5-6,10-11H,2-4,7-9H2/t11-/m0/s1. The van der Waals surface area contributed by atoms with Gasteiger partial charge in [-0.2, -0.15) is 10.1 Å². The number of carbonyl (C=O) groups excluding carboxylic acids is 1. The number of rotatable bonds is 5. The lowest BCUT2D eigenvalue weighted by molar-refractivity contribution is -0.134. The summed E-state index contributed by atoms with van der Waals surface area (Å²) in [6, 6.07) is 0.889. The minimum absolute atomic E-state index is 0.0951. The predicted molar refractivity (Wildman–Crippen MR) is 77.1 cm³/mol. The summed E-state index contributed by atoms with van der Waals surface area (Å²) >= 11 is 0. The van der Waals surface area contributed by atoms with Gasteiger partial charge in [0.2, 0.25) is 11.8 Å². The summed E-state index contributed by atoms with van der Waals surface area (Å²) in [6.07, 6.45) is 4.93. The van der Waals surface area contributed by atoms with Crippen molar-refractivity contribution >= 4 is 5.91 Å². The van der Waals surface area contributed by atoms with Crippen LogP contribution in [0.5, 0.6) is 0 Å². The van der Waals surface area contributed by atoms with Crippen molar-refractivity contribution in [2.24, 2.45) is 0 Å². The van der Waals surface area contributed by atoms with Crippen molar-refractivity contribution in [1.82, 2.24) is 24.8 Å². The largest absolute Gasteiger partial charge is 0.337 e. The highest BCUT2D eigenvalue weighted by molar-refractivity contribution is 5.77. The zero-order valence-corrected chi connectivity index (χ0v) is 12.9. The van der Waals surface area contributed by atoms with Crippen LogP contribution >= 0.6 is 0 Å². The van der Waals surface area contributed by atoms with E-state index in [0.717, 1.165) is 17.7 Å². The molecule has 9 heteroatoms. The molecule has 1 atom stereocenters. The average molecular weight is 337 g/mol. The molecule has 24 heavy (non-hydrogen) atoms. The molecule has 128 valence electrons. The molecular formula is C15H17F2N5O2. The minimum Gasteiger partial charge on any atom is -0.337 e. The van der Waals surface area contributed by atoms with Crippen LogP contribution in [0.2, 0.25) is 0 Å². The predicted octanol–water partition coefficient (Wildman–Crippen LogP) is 2.14. The summed E-state index contributed by atoms with van der Waals surface area (Å²) in [5.74, 6) is -2.36. The molecule has 1 amide bonds. The van der Waals surface area contributed by atoms with E-state index in [2.05, 4.69) is 15.2 Å². The quantitative estimate of drug-likeness (QED) is 0.835. The normalized spacial score (nSPS) is 22.9. The summed E-state index contributed by atoms with van der Waals surface area (Å²) in [7, 11) is 0. The lowest BCUT2D eigenvalue weighted by atomic mass is 10.2. The summed E-state index contributed by atoms with van der Waals surface area (Å²) in [5.41, 5.74) is 0. The third kappa shape index (κ3) is 3.02. The van der Waals surface area contributed by atoms with E-state index in [9.17, 15) is 13.6 Å². The third-order valence-corrected chi connectivity index (χ3v) is 4.39. The number of hydrogen-bond donors (Lipinski definition) is 0. The van der Waals surface area contributed by atoms with E-state index >= 15 is 0 Å². The van der Waals surface area contributed by atoms with Gasteiger partial charge in [0.05, 0.1) is 6.54 Å². The average Bonchev–Trinajstić information content (AvgIpc) is 2.99. The van der Waals surface area contributed by atoms with E-state index in [1.165, 1.54) is 0 Å². The number of aromatic nitrogens is 4. The number of aryl methyl sites for hydroxylation is 1. The van der Waals surface area contributed by atoms with Crippen molar-refractivity contribution in [3.8, 4) is 0 Å². The van der Waals surface area contributed by atoms with E-state index in [1.54, 1.807) is 23.1 Å². The number of carbonyl (C=O) groups is 1. The van der Waals surface area contributed by atoms with Crippen molar-refractivity contribution in [3.63, 3.8) is 0 Å². The Labute approximate surface area is 136 Å². The summed E-state index contributed by atoms with van der Waals surface area (Å²) in [4.78, 5) is 17.8. The molecule has 7 nitrogen and oxygen atoms in total. The van der Waals surface area contributed by atoms with Crippen LogP contribution < -0.4 is 0 Å². The van der Waals surface area contributed by atoms with Crippen LogP contribution in [-0.2, 0) is 11.3 Å². The van der Waals surface area contributed by atoms with E-state index in [-0.39, 0.29) is 24.1 Å².